The normalized spacial score (nSPS) is 12.6. The molecule has 0 saturated heterocycles. The van der Waals surface area contributed by atoms with Crippen molar-refractivity contribution in [1.29, 1.82) is 0 Å². The molecule has 0 atom stereocenters. The lowest BCUT2D eigenvalue weighted by Gasteiger charge is -2.36. The first-order valence-electron chi connectivity index (χ1n) is 5.44. The number of nitrogens with two attached hydrogens (primary N) is 1. The highest BCUT2D eigenvalue weighted by Gasteiger charge is 2.40. The van der Waals surface area contributed by atoms with Gasteiger partial charge in [0.1, 0.15) is 0 Å². The third-order valence-electron chi connectivity index (χ3n) is 3.29. The van der Waals surface area contributed by atoms with Crippen molar-refractivity contribution in [3.63, 3.8) is 0 Å². The van der Waals surface area contributed by atoms with E-state index in [4.69, 9.17) is 5.73 Å². The van der Waals surface area contributed by atoms with Crippen LogP contribution in [0.5, 0.6) is 0 Å². The molecule has 1 amide bonds. The average molecular weight is 223 g/mol. The van der Waals surface area contributed by atoms with Gasteiger partial charge in [0.25, 0.3) is 0 Å². The Kier molecular flexibility index (Phi) is 3.43. The second kappa shape index (κ2) is 4.29. The molecule has 0 bridgehead atoms. The van der Waals surface area contributed by atoms with Crippen molar-refractivity contribution >= 4 is 5.91 Å². The molecule has 4 nitrogen and oxygen atoms in total. The van der Waals surface area contributed by atoms with E-state index in [0.717, 1.165) is 5.56 Å². The van der Waals surface area contributed by atoms with E-state index in [0.29, 0.717) is 6.54 Å². The minimum atomic E-state index is -0.594. The zero-order valence-corrected chi connectivity index (χ0v) is 10.4. The second-order valence-electron chi connectivity index (χ2n) is 5.25. The summed E-state index contributed by atoms with van der Waals surface area (Å²) in [6.07, 6.45) is 3.69. The predicted molar refractivity (Wildman–Crippen MR) is 64.7 cm³/mol. The smallest absolute Gasteiger partial charge is 0.227 e. The maximum atomic E-state index is 12.0. The van der Waals surface area contributed by atoms with Gasteiger partial charge in [0, 0.05) is 24.5 Å². The van der Waals surface area contributed by atoms with Gasteiger partial charge in [-0.1, -0.05) is 0 Å². The van der Waals surface area contributed by atoms with Crippen molar-refractivity contribution < 1.29 is 4.79 Å². The van der Waals surface area contributed by atoms with Crippen LogP contribution >= 0.6 is 0 Å². The fourth-order valence-corrected chi connectivity index (χ4v) is 1.16. The van der Waals surface area contributed by atoms with Gasteiger partial charge < -0.3 is 16.0 Å². The molecular formula is C12H21N3O. The number of rotatable bonds is 4. The Morgan fingerprint density at radius 1 is 1.44 bits per heavy atom. The zero-order chi connectivity index (χ0) is 12.4. The summed E-state index contributed by atoms with van der Waals surface area (Å²) >= 11 is 0. The molecule has 4 heteroatoms. The topological polar surface area (TPSA) is 70.9 Å². The summed E-state index contributed by atoms with van der Waals surface area (Å²) in [7, 11) is 0. The summed E-state index contributed by atoms with van der Waals surface area (Å²) in [5.74, 6) is -0.0267. The highest BCUT2D eigenvalue weighted by atomic mass is 16.2. The standard InChI is InChI=1S/C12H21N3O/c1-11(2,12(3,4)13)10(16)15-8-9-5-6-14-7-9/h5-7,14H,8,13H2,1-4H3,(H,15,16). The van der Waals surface area contributed by atoms with Gasteiger partial charge in [-0.2, -0.15) is 0 Å². The van der Waals surface area contributed by atoms with Crippen molar-refractivity contribution in [3.05, 3.63) is 24.0 Å². The summed E-state index contributed by atoms with van der Waals surface area (Å²) in [6, 6.07) is 1.93. The SMILES string of the molecule is CC(C)(N)C(C)(C)C(=O)NCc1cc[nH]c1. The Morgan fingerprint density at radius 2 is 2.06 bits per heavy atom. The first-order chi connectivity index (χ1) is 7.25. The minimum absolute atomic E-state index is 0.0267. The Labute approximate surface area is 96.6 Å². The molecule has 0 aliphatic heterocycles. The molecule has 0 aliphatic carbocycles. The molecule has 1 aromatic rings. The molecule has 0 radical (unpaired) electrons. The number of aromatic amines is 1. The molecule has 0 fully saturated rings. The first-order valence-corrected chi connectivity index (χ1v) is 5.44. The lowest BCUT2D eigenvalue weighted by molar-refractivity contribution is -0.132. The summed E-state index contributed by atoms with van der Waals surface area (Å²) in [5.41, 5.74) is 5.91. The van der Waals surface area contributed by atoms with Crippen LogP contribution in [-0.4, -0.2) is 16.4 Å². The molecule has 0 aromatic carbocycles. The molecule has 0 aliphatic rings. The average Bonchev–Trinajstić information content (AvgIpc) is 2.64. The fraction of sp³-hybridized carbons (Fsp3) is 0.583. The number of aromatic nitrogens is 1. The fourth-order valence-electron chi connectivity index (χ4n) is 1.16. The maximum absolute atomic E-state index is 12.0. The van der Waals surface area contributed by atoms with Crippen molar-refractivity contribution in [2.45, 2.75) is 39.8 Å². The van der Waals surface area contributed by atoms with Crippen LogP contribution in [0.15, 0.2) is 18.5 Å². The maximum Gasteiger partial charge on any atom is 0.227 e. The van der Waals surface area contributed by atoms with Gasteiger partial charge in [0.15, 0.2) is 0 Å². The summed E-state index contributed by atoms with van der Waals surface area (Å²) < 4.78 is 0. The van der Waals surface area contributed by atoms with E-state index in [1.54, 1.807) is 0 Å². The van der Waals surface area contributed by atoms with Gasteiger partial charge in [-0.15, -0.1) is 0 Å². The number of carbonyl (C=O) groups excluding carboxylic acids is 1. The van der Waals surface area contributed by atoms with E-state index >= 15 is 0 Å². The number of carbonyl (C=O) groups is 1. The van der Waals surface area contributed by atoms with Gasteiger partial charge in [0.05, 0.1) is 5.41 Å². The molecule has 90 valence electrons. The van der Waals surface area contributed by atoms with Crippen molar-refractivity contribution in [2.24, 2.45) is 11.1 Å². The molecule has 0 spiro atoms. The van der Waals surface area contributed by atoms with Gasteiger partial charge in [0.2, 0.25) is 5.91 Å². The number of hydrogen-bond donors (Lipinski definition) is 3. The highest BCUT2D eigenvalue weighted by Crippen LogP contribution is 2.28. The quantitative estimate of drug-likeness (QED) is 0.722. The van der Waals surface area contributed by atoms with Crippen molar-refractivity contribution in [2.75, 3.05) is 0 Å². The van der Waals surface area contributed by atoms with E-state index < -0.39 is 11.0 Å². The third kappa shape index (κ3) is 2.64. The van der Waals surface area contributed by atoms with E-state index in [-0.39, 0.29) is 5.91 Å². The number of H-pyrrole nitrogens is 1. The molecule has 1 aromatic heterocycles. The summed E-state index contributed by atoms with van der Waals surface area (Å²) in [4.78, 5) is 15.0. The second-order valence-corrected chi connectivity index (χ2v) is 5.25. The van der Waals surface area contributed by atoms with Crippen LogP contribution in [-0.2, 0) is 11.3 Å². The van der Waals surface area contributed by atoms with Gasteiger partial charge in [-0.25, -0.2) is 0 Å². The molecular weight excluding hydrogens is 202 g/mol. The molecule has 1 rings (SSSR count). The van der Waals surface area contributed by atoms with Crippen molar-refractivity contribution in [1.82, 2.24) is 10.3 Å². The van der Waals surface area contributed by atoms with Crippen LogP contribution in [0.3, 0.4) is 0 Å². The first kappa shape index (κ1) is 12.8. The Morgan fingerprint density at radius 3 is 2.50 bits per heavy atom. The van der Waals surface area contributed by atoms with Crippen LogP contribution in [0.25, 0.3) is 0 Å². The predicted octanol–water partition coefficient (Wildman–Crippen LogP) is 1.39. The van der Waals surface area contributed by atoms with Crippen LogP contribution in [0, 0.1) is 5.41 Å². The Hall–Kier alpha value is -1.29. The van der Waals surface area contributed by atoms with Crippen LogP contribution in [0.4, 0.5) is 0 Å². The van der Waals surface area contributed by atoms with E-state index in [2.05, 4.69) is 10.3 Å². The highest BCUT2D eigenvalue weighted by molar-refractivity contribution is 5.83. The van der Waals surface area contributed by atoms with E-state index in [9.17, 15) is 4.79 Å². The third-order valence-corrected chi connectivity index (χ3v) is 3.29. The number of nitrogens with one attached hydrogen (secondary N) is 2. The minimum Gasteiger partial charge on any atom is -0.367 e. The molecule has 0 unspecified atom stereocenters. The van der Waals surface area contributed by atoms with Crippen LogP contribution in [0.2, 0.25) is 0 Å². The lowest BCUT2D eigenvalue weighted by Crippen LogP contribution is -2.55. The molecule has 4 N–H and O–H groups in total. The summed E-state index contributed by atoms with van der Waals surface area (Å²) in [5, 5.41) is 2.89. The van der Waals surface area contributed by atoms with Gasteiger partial charge in [-0.05, 0) is 39.3 Å². The van der Waals surface area contributed by atoms with E-state index in [1.165, 1.54) is 0 Å². The van der Waals surface area contributed by atoms with Crippen LogP contribution < -0.4 is 11.1 Å². The zero-order valence-electron chi connectivity index (χ0n) is 10.4. The monoisotopic (exact) mass is 223 g/mol. The summed E-state index contributed by atoms with van der Waals surface area (Å²) in [6.45, 7) is 7.98. The number of hydrogen-bond acceptors (Lipinski definition) is 2. The molecule has 16 heavy (non-hydrogen) atoms. The Bertz CT molecular complexity index is 347. The largest absolute Gasteiger partial charge is 0.367 e. The van der Waals surface area contributed by atoms with Gasteiger partial charge >= 0.3 is 0 Å². The Balaban J connectivity index is 2.59. The number of amides is 1. The van der Waals surface area contributed by atoms with Crippen LogP contribution in [0.1, 0.15) is 33.3 Å². The van der Waals surface area contributed by atoms with E-state index in [1.807, 2.05) is 46.2 Å². The van der Waals surface area contributed by atoms with Gasteiger partial charge in [-0.3, -0.25) is 4.79 Å². The molecule has 1 heterocycles. The van der Waals surface area contributed by atoms with Crippen molar-refractivity contribution in [3.8, 4) is 0 Å². The molecule has 0 saturated carbocycles. The lowest BCUT2D eigenvalue weighted by atomic mass is 9.74.